The molecular formula is C12H9BrFNO2. The summed E-state index contributed by atoms with van der Waals surface area (Å²) in [7, 11) is 1.28. The van der Waals surface area contributed by atoms with Gasteiger partial charge in [0.2, 0.25) is 0 Å². The number of carbonyl (C=O) groups is 1. The predicted molar refractivity (Wildman–Crippen MR) is 67.4 cm³/mol. The van der Waals surface area contributed by atoms with Gasteiger partial charge in [0.1, 0.15) is 5.82 Å². The highest BCUT2D eigenvalue weighted by molar-refractivity contribution is 9.10. The number of benzene rings is 2. The Hall–Kier alpha value is -1.62. The second-order valence-corrected chi connectivity index (χ2v) is 4.40. The SMILES string of the molecule is COC(=O)c1cc2cc(Br)c(F)cc2cc1N. The van der Waals surface area contributed by atoms with Crippen molar-refractivity contribution in [2.24, 2.45) is 0 Å². The molecule has 0 saturated heterocycles. The number of anilines is 1. The summed E-state index contributed by atoms with van der Waals surface area (Å²) in [5.74, 6) is -0.882. The number of methoxy groups -OCH3 is 1. The van der Waals surface area contributed by atoms with Gasteiger partial charge in [-0.05, 0) is 51.0 Å². The molecule has 0 bridgehead atoms. The first kappa shape index (κ1) is 11.9. The Morgan fingerprint density at radius 1 is 1.29 bits per heavy atom. The maximum absolute atomic E-state index is 13.3. The van der Waals surface area contributed by atoms with E-state index in [4.69, 9.17) is 5.73 Å². The van der Waals surface area contributed by atoms with Crippen LogP contribution in [0.2, 0.25) is 0 Å². The molecule has 0 unspecified atom stereocenters. The van der Waals surface area contributed by atoms with Crippen molar-refractivity contribution in [2.45, 2.75) is 0 Å². The lowest BCUT2D eigenvalue weighted by Gasteiger charge is -2.07. The van der Waals surface area contributed by atoms with Crippen molar-refractivity contribution >= 4 is 38.4 Å². The number of hydrogen-bond donors (Lipinski definition) is 1. The average molecular weight is 298 g/mol. The second-order valence-electron chi connectivity index (χ2n) is 3.54. The molecule has 3 nitrogen and oxygen atoms in total. The van der Waals surface area contributed by atoms with Gasteiger partial charge in [0.05, 0.1) is 17.1 Å². The molecule has 0 spiro atoms. The van der Waals surface area contributed by atoms with Crippen LogP contribution in [0.3, 0.4) is 0 Å². The smallest absolute Gasteiger partial charge is 0.339 e. The third-order valence-corrected chi connectivity index (χ3v) is 3.06. The van der Waals surface area contributed by atoms with Crippen LogP contribution in [-0.4, -0.2) is 13.1 Å². The molecule has 2 aromatic rings. The van der Waals surface area contributed by atoms with Gasteiger partial charge >= 0.3 is 5.97 Å². The van der Waals surface area contributed by atoms with Gasteiger partial charge in [-0.25, -0.2) is 9.18 Å². The van der Waals surface area contributed by atoms with E-state index in [1.54, 1.807) is 18.2 Å². The van der Waals surface area contributed by atoms with Gasteiger partial charge in [-0.15, -0.1) is 0 Å². The van der Waals surface area contributed by atoms with Crippen LogP contribution in [0.4, 0.5) is 10.1 Å². The summed E-state index contributed by atoms with van der Waals surface area (Å²) >= 11 is 3.09. The third-order valence-electron chi connectivity index (χ3n) is 2.45. The van der Waals surface area contributed by atoms with Crippen molar-refractivity contribution in [3.05, 3.63) is 40.1 Å². The number of rotatable bonds is 1. The highest BCUT2D eigenvalue weighted by Gasteiger charge is 2.12. The van der Waals surface area contributed by atoms with Crippen LogP contribution in [-0.2, 0) is 4.74 Å². The highest BCUT2D eigenvalue weighted by Crippen LogP contribution is 2.27. The summed E-state index contributed by atoms with van der Waals surface area (Å²) in [6, 6.07) is 6.09. The summed E-state index contributed by atoms with van der Waals surface area (Å²) in [6.45, 7) is 0. The quantitative estimate of drug-likeness (QED) is 0.650. The maximum Gasteiger partial charge on any atom is 0.339 e. The van der Waals surface area contributed by atoms with E-state index in [1.807, 2.05) is 0 Å². The zero-order valence-electron chi connectivity index (χ0n) is 8.96. The van der Waals surface area contributed by atoms with Gasteiger partial charge in [0.25, 0.3) is 0 Å². The fourth-order valence-electron chi connectivity index (χ4n) is 1.60. The summed E-state index contributed by atoms with van der Waals surface area (Å²) in [5.41, 5.74) is 6.26. The molecule has 0 amide bonds. The number of fused-ring (bicyclic) bond motifs is 1. The normalized spacial score (nSPS) is 10.5. The van der Waals surface area contributed by atoms with Crippen LogP contribution in [0.25, 0.3) is 10.8 Å². The largest absolute Gasteiger partial charge is 0.465 e. The molecule has 0 aliphatic heterocycles. The molecule has 2 rings (SSSR count). The van der Waals surface area contributed by atoms with E-state index in [0.717, 1.165) is 0 Å². The molecule has 0 fully saturated rings. The molecular weight excluding hydrogens is 289 g/mol. The first-order chi connectivity index (χ1) is 8.02. The molecule has 0 atom stereocenters. The van der Waals surface area contributed by atoms with Gasteiger partial charge in [-0.2, -0.15) is 0 Å². The first-order valence-corrected chi connectivity index (χ1v) is 5.59. The standard InChI is InChI=1S/C12H9BrFNO2/c1-17-12(16)8-2-6-3-9(13)10(14)4-7(6)5-11(8)15/h2-5H,15H2,1H3. The summed E-state index contributed by atoms with van der Waals surface area (Å²) in [4.78, 5) is 11.4. The fourth-order valence-corrected chi connectivity index (χ4v) is 1.96. The van der Waals surface area contributed by atoms with E-state index in [9.17, 15) is 9.18 Å². The number of nitrogen functional groups attached to an aromatic ring is 1. The van der Waals surface area contributed by atoms with E-state index in [1.165, 1.54) is 13.2 Å². The lowest BCUT2D eigenvalue weighted by molar-refractivity contribution is 0.0602. The van der Waals surface area contributed by atoms with E-state index in [-0.39, 0.29) is 17.1 Å². The first-order valence-electron chi connectivity index (χ1n) is 4.79. The Kier molecular flexibility index (Phi) is 3.02. The van der Waals surface area contributed by atoms with Crippen molar-refractivity contribution in [2.75, 3.05) is 12.8 Å². The van der Waals surface area contributed by atoms with Gasteiger partial charge < -0.3 is 10.5 Å². The second kappa shape index (κ2) is 4.33. The number of nitrogens with two attached hydrogens (primary N) is 1. The molecule has 0 aromatic heterocycles. The number of halogens is 2. The summed E-state index contributed by atoms with van der Waals surface area (Å²) in [5, 5.41) is 1.35. The summed E-state index contributed by atoms with van der Waals surface area (Å²) in [6.07, 6.45) is 0. The molecule has 2 N–H and O–H groups in total. The fraction of sp³-hybridized carbons (Fsp3) is 0.0833. The molecule has 0 aliphatic rings. The predicted octanol–water partition coefficient (Wildman–Crippen LogP) is 3.11. The molecule has 2 aromatic carbocycles. The third kappa shape index (κ3) is 2.10. The van der Waals surface area contributed by atoms with Crippen molar-refractivity contribution in [1.29, 1.82) is 0 Å². The molecule has 0 saturated carbocycles. The van der Waals surface area contributed by atoms with Crippen LogP contribution in [0.15, 0.2) is 28.7 Å². The molecule has 88 valence electrons. The number of esters is 1. The van der Waals surface area contributed by atoms with E-state index in [2.05, 4.69) is 20.7 Å². The van der Waals surface area contributed by atoms with Crippen LogP contribution in [0, 0.1) is 5.82 Å². The van der Waals surface area contributed by atoms with Crippen LogP contribution < -0.4 is 5.73 Å². The Labute approximate surface area is 105 Å². The van der Waals surface area contributed by atoms with E-state index in [0.29, 0.717) is 15.2 Å². The molecule has 0 aliphatic carbocycles. The monoisotopic (exact) mass is 297 g/mol. The minimum absolute atomic E-state index is 0.270. The van der Waals surface area contributed by atoms with Crippen molar-refractivity contribution < 1.29 is 13.9 Å². The summed E-state index contributed by atoms with van der Waals surface area (Å²) < 4.78 is 18.3. The van der Waals surface area contributed by atoms with Crippen LogP contribution in [0.1, 0.15) is 10.4 Å². The zero-order valence-corrected chi connectivity index (χ0v) is 10.5. The zero-order chi connectivity index (χ0) is 12.6. The Balaban J connectivity index is 2.71. The van der Waals surface area contributed by atoms with Crippen molar-refractivity contribution in [3.63, 3.8) is 0 Å². The lowest BCUT2D eigenvalue weighted by Crippen LogP contribution is -2.05. The Morgan fingerprint density at radius 2 is 1.94 bits per heavy atom. The van der Waals surface area contributed by atoms with Crippen molar-refractivity contribution in [3.8, 4) is 0 Å². The number of hydrogen-bond acceptors (Lipinski definition) is 3. The van der Waals surface area contributed by atoms with Crippen LogP contribution >= 0.6 is 15.9 Å². The topological polar surface area (TPSA) is 52.3 Å². The van der Waals surface area contributed by atoms with Crippen molar-refractivity contribution in [1.82, 2.24) is 0 Å². The highest BCUT2D eigenvalue weighted by atomic mass is 79.9. The minimum atomic E-state index is -0.509. The number of ether oxygens (including phenoxy) is 1. The van der Waals surface area contributed by atoms with E-state index >= 15 is 0 Å². The molecule has 0 heterocycles. The average Bonchev–Trinajstić information content (AvgIpc) is 2.30. The number of carbonyl (C=O) groups excluding carboxylic acids is 1. The van der Waals surface area contributed by atoms with Gasteiger partial charge in [-0.3, -0.25) is 0 Å². The Bertz CT molecular complexity index is 613. The molecule has 17 heavy (non-hydrogen) atoms. The van der Waals surface area contributed by atoms with E-state index < -0.39 is 5.97 Å². The van der Waals surface area contributed by atoms with Gasteiger partial charge in [0, 0.05) is 5.69 Å². The van der Waals surface area contributed by atoms with Gasteiger partial charge in [-0.1, -0.05) is 0 Å². The molecule has 5 heteroatoms. The minimum Gasteiger partial charge on any atom is -0.465 e. The van der Waals surface area contributed by atoms with Gasteiger partial charge in [0.15, 0.2) is 0 Å². The van der Waals surface area contributed by atoms with Crippen LogP contribution in [0.5, 0.6) is 0 Å². The lowest BCUT2D eigenvalue weighted by atomic mass is 10.0. The molecule has 0 radical (unpaired) electrons. The Morgan fingerprint density at radius 3 is 2.59 bits per heavy atom. The maximum atomic E-state index is 13.3.